The van der Waals surface area contributed by atoms with Crippen LogP contribution in [0.15, 0.2) is 0 Å². The summed E-state index contributed by atoms with van der Waals surface area (Å²) in [6, 6.07) is 0. The molecule has 0 amide bonds. The largest absolute Gasteiger partial charge is 0.381 e. The normalized spacial score (nSPS) is 26.8. The molecule has 4 heteroatoms. The predicted octanol–water partition coefficient (Wildman–Crippen LogP) is 2.24. The number of rotatable bonds is 5. The topological polar surface area (TPSA) is 21.7 Å². The van der Waals surface area contributed by atoms with Gasteiger partial charge in [-0.05, 0) is 25.7 Å². The lowest BCUT2D eigenvalue weighted by molar-refractivity contribution is 0.0329. The molecule has 0 aromatic rings. The highest BCUT2D eigenvalue weighted by Crippen LogP contribution is 2.47. The average molecular weight is 325 g/mol. The van der Waals surface area contributed by atoms with Crippen molar-refractivity contribution in [2.24, 2.45) is 5.41 Å². The van der Waals surface area contributed by atoms with Crippen molar-refractivity contribution >= 4 is 23.0 Å². The molecule has 0 atom stereocenters. The van der Waals surface area contributed by atoms with Crippen molar-refractivity contribution in [3.8, 4) is 0 Å². The highest BCUT2D eigenvalue weighted by Gasteiger charge is 2.44. The quantitative estimate of drug-likeness (QED) is 0.724. The van der Waals surface area contributed by atoms with Gasteiger partial charge >= 0.3 is 0 Å². The third-order valence-electron chi connectivity index (χ3n) is 3.74. The fourth-order valence-corrected chi connectivity index (χ4v) is 3.08. The number of methoxy groups -OCH3 is 1. The third kappa shape index (κ3) is 3.28. The summed E-state index contributed by atoms with van der Waals surface area (Å²) in [4.78, 5) is 2.58. The van der Waals surface area contributed by atoms with Gasteiger partial charge in [0.2, 0.25) is 0 Å². The van der Waals surface area contributed by atoms with E-state index in [1.807, 2.05) is 30.1 Å². The van der Waals surface area contributed by atoms with Crippen LogP contribution >= 0.6 is 23.0 Å². The van der Waals surface area contributed by atoms with Crippen LogP contribution in [-0.2, 0) is 7.80 Å². The van der Waals surface area contributed by atoms with E-state index in [2.05, 4.69) is 4.90 Å². The van der Waals surface area contributed by atoms with E-state index in [0.717, 1.165) is 6.61 Å². The molecule has 2 rings (SSSR count). The Labute approximate surface area is 106 Å². The molecule has 0 spiro atoms. The molecule has 1 heterocycles. The zero-order chi connectivity index (χ0) is 10.7. The van der Waals surface area contributed by atoms with Crippen LogP contribution in [0.1, 0.15) is 25.7 Å². The minimum atomic E-state index is 0.497. The van der Waals surface area contributed by atoms with Gasteiger partial charge in [-0.3, -0.25) is 0 Å². The maximum atomic E-state index is 5.38. The molecule has 15 heavy (non-hydrogen) atoms. The number of halogens is 1. The van der Waals surface area contributed by atoms with Crippen LogP contribution < -0.4 is 0 Å². The third-order valence-corrected chi connectivity index (χ3v) is 4.06. The van der Waals surface area contributed by atoms with E-state index in [0.29, 0.717) is 11.5 Å². The number of likely N-dealkylation sites (tertiary alicyclic amines) is 1. The zero-order valence-electron chi connectivity index (χ0n) is 9.38. The first-order chi connectivity index (χ1) is 7.28. The van der Waals surface area contributed by atoms with Gasteiger partial charge in [0.15, 0.2) is 0 Å². The van der Waals surface area contributed by atoms with Gasteiger partial charge in [-0.2, -0.15) is 0 Å². The van der Waals surface area contributed by atoms with Crippen LogP contribution in [0.3, 0.4) is 0 Å². The summed E-state index contributed by atoms with van der Waals surface area (Å²) in [6.07, 6.45) is 5.58. The van der Waals surface area contributed by atoms with Crippen LogP contribution in [0.5, 0.6) is 0 Å². The molecule has 1 saturated carbocycles. The predicted molar refractivity (Wildman–Crippen MR) is 68.1 cm³/mol. The molecule has 0 unspecified atom stereocenters. The highest BCUT2D eigenvalue weighted by atomic mass is 127. The standard InChI is InChI=1S/C11H20INO2/c1-14-10-2-6-13(7-3-10)8-11(4-5-11)9-15-12/h10H,2-9H2,1H3. The zero-order valence-corrected chi connectivity index (χ0v) is 11.5. The maximum Gasteiger partial charge on any atom is 0.109 e. The SMILES string of the molecule is COC1CCN(CC2(COI)CC2)CC1. The summed E-state index contributed by atoms with van der Waals surface area (Å²) >= 11 is 2.02. The van der Waals surface area contributed by atoms with Crippen molar-refractivity contribution in [3.63, 3.8) is 0 Å². The number of ether oxygens (including phenoxy) is 1. The molecule has 0 radical (unpaired) electrons. The van der Waals surface area contributed by atoms with E-state index in [9.17, 15) is 0 Å². The Bertz CT molecular complexity index is 201. The molecule has 3 nitrogen and oxygen atoms in total. The average Bonchev–Trinajstić information content (AvgIpc) is 3.00. The fourth-order valence-electron chi connectivity index (χ4n) is 2.42. The summed E-state index contributed by atoms with van der Waals surface area (Å²) in [5.74, 6) is 0. The van der Waals surface area contributed by atoms with Gasteiger partial charge in [0.05, 0.1) is 12.7 Å². The van der Waals surface area contributed by atoms with Gasteiger partial charge in [-0.15, -0.1) is 0 Å². The van der Waals surface area contributed by atoms with Crippen LogP contribution in [0.4, 0.5) is 0 Å². The maximum absolute atomic E-state index is 5.38. The molecule has 1 aliphatic carbocycles. The van der Waals surface area contributed by atoms with E-state index >= 15 is 0 Å². The number of nitrogens with zero attached hydrogens (tertiary/aromatic N) is 1. The summed E-state index contributed by atoms with van der Waals surface area (Å²) in [7, 11) is 1.83. The fraction of sp³-hybridized carbons (Fsp3) is 1.00. The lowest BCUT2D eigenvalue weighted by Crippen LogP contribution is -2.40. The number of hydrogen-bond acceptors (Lipinski definition) is 3. The molecule has 0 aromatic heterocycles. The van der Waals surface area contributed by atoms with Crippen molar-refractivity contribution < 1.29 is 7.80 Å². The van der Waals surface area contributed by atoms with Crippen molar-refractivity contribution in [1.29, 1.82) is 0 Å². The molecular formula is C11H20INO2. The van der Waals surface area contributed by atoms with E-state index in [4.69, 9.17) is 7.80 Å². The van der Waals surface area contributed by atoms with Crippen molar-refractivity contribution in [2.45, 2.75) is 31.8 Å². The second kappa shape index (κ2) is 5.29. The smallest absolute Gasteiger partial charge is 0.109 e. The summed E-state index contributed by atoms with van der Waals surface area (Å²) in [5.41, 5.74) is 0.501. The second-order valence-corrected chi connectivity index (χ2v) is 5.59. The van der Waals surface area contributed by atoms with Crippen molar-refractivity contribution in [1.82, 2.24) is 4.90 Å². The van der Waals surface area contributed by atoms with Crippen molar-refractivity contribution in [2.75, 3.05) is 33.4 Å². The molecule has 2 fully saturated rings. The van der Waals surface area contributed by atoms with Crippen LogP contribution in [-0.4, -0.2) is 44.4 Å². The Morgan fingerprint density at radius 2 is 2.00 bits per heavy atom. The molecule has 88 valence electrons. The van der Waals surface area contributed by atoms with Gasteiger partial charge in [-0.1, -0.05) is 0 Å². The van der Waals surface area contributed by atoms with E-state index < -0.39 is 0 Å². The first-order valence-corrected chi connectivity index (χ1v) is 6.65. The summed E-state index contributed by atoms with van der Waals surface area (Å²) < 4.78 is 10.7. The lowest BCUT2D eigenvalue weighted by atomic mass is 10.0. The number of hydrogen-bond donors (Lipinski definition) is 0. The highest BCUT2D eigenvalue weighted by molar-refractivity contribution is 14.1. The Balaban J connectivity index is 1.72. The monoisotopic (exact) mass is 325 g/mol. The first kappa shape index (κ1) is 12.1. The Morgan fingerprint density at radius 1 is 1.33 bits per heavy atom. The molecular weight excluding hydrogens is 305 g/mol. The van der Waals surface area contributed by atoms with Gasteiger partial charge in [0.1, 0.15) is 23.0 Å². The summed E-state index contributed by atoms with van der Waals surface area (Å²) in [6.45, 7) is 4.55. The van der Waals surface area contributed by atoms with Gasteiger partial charge in [-0.25, -0.2) is 0 Å². The molecule has 1 saturated heterocycles. The van der Waals surface area contributed by atoms with E-state index in [1.54, 1.807) is 0 Å². The van der Waals surface area contributed by atoms with Crippen LogP contribution in [0.25, 0.3) is 0 Å². The Kier molecular flexibility index (Phi) is 4.26. The van der Waals surface area contributed by atoms with Gasteiger partial charge in [0, 0.05) is 32.2 Å². The van der Waals surface area contributed by atoms with Gasteiger partial charge < -0.3 is 12.7 Å². The molecule has 0 bridgehead atoms. The van der Waals surface area contributed by atoms with Crippen LogP contribution in [0.2, 0.25) is 0 Å². The minimum Gasteiger partial charge on any atom is -0.381 e. The van der Waals surface area contributed by atoms with Gasteiger partial charge in [0.25, 0.3) is 0 Å². The summed E-state index contributed by atoms with van der Waals surface area (Å²) in [5, 5.41) is 0. The van der Waals surface area contributed by atoms with E-state index in [1.165, 1.54) is 45.3 Å². The molecule has 0 aromatic carbocycles. The number of piperidine rings is 1. The minimum absolute atomic E-state index is 0.497. The second-order valence-electron chi connectivity index (χ2n) is 4.96. The Hall–Kier alpha value is 0.610. The first-order valence-electron chi connectivity index (χ1n) is 5.77. The molecule has 2 aliphatic rings. The van der Waals surface area contributed by atoms with E-state index in [-0.39, 0.29) is 0 Å². The van der Waals surface area contributed by atoms with Crippen LogP contribution in [0, 0.1) is 5.41 Å². The van der Waals surface area contributed by atoms with Crippen molar-refractivity contribution in [3.05, 3.63) is 0 Å². The lowest BCUT2D eigenvalue weighted by Gasteiger charge is -2.33. The Morgan fingerprint density at radius 3 is 2.47 bits per heavy atom. The molecule has 0 N–H and O–H groups in total. The molecule has 1 aliphatic heterocycles.